The maximum absolute atomic E-state index is 10.4. The molecule has 0 aliphatic rings. The van der Waals surface area contributed by atoms with E-state index in [9.17, 15) is 4.79 Å². The van der Waals surface area contributed by atoms with Gasteiger partial charge in [0.1, 0.15) is 6.42 Å². The van der Waals surface area contributed by atoms with E-state index in [1.807, 2.05) is 0 Å². The zero-order chi connectivity index (χ0) is 12.0. The zero-order valence-corrected chi connectivity index (χ0v) is 9.64. The Kier molecular flexibility index (Phi) is 4.91. The van der Waals surface area contributed by atoms with E-state index in [4.69, 9.17) is 9.63 Å². The Morgan fingerprint density at radius 3 is 2.69 bits per heavy atom. The summed E-state index contributed by atoms with van der Waals surface area (Å²) in [4.78, 5) is 16.6. The summed E-state index contributed by atoms with van der Waals surface area (Å²) in [5, 5.41) is 12.3. The summed E-state index contributed by atoms with van der Waals surface area (Å²) in [7, 11) is 0. The van der Waals surface area contributed by atoms with E-state index in [1.54, 1.807) is 0 Å². The lowest BCUT2D eigenvalue weighted by molar-refractivity contribution is -0.136. The highest BCUT2D eigenvalue weighted by Crippen LogP contribution is 2.00. The highest BCUT2D eigenvalue weighted by atomic mass is 16.5. The molecule has 90 valence electrons. The standard InChI is InChI=1S/C10H17N3O3/c1-3-13(4-2)6-5-8-11-9(16-12-8)7-10(14)15/h3-7H2,1-2H3,(H,14,15). The third-order valence-corrected chi connectivity index (χ3v) is 2.36. The third-order valence-electron chi connectivity index (χ3n) is 2.36. The number of carbonyl (C=O) groups is 1. The highest BCUT2D eigenvalue weighted by molar-refractivity contribution is 5.68. The predicted octanol–water partition coefficient (Wildman–Crippen LogP) is 0.581. The maximum Gasteiger partial charge on any atom is 0.312 e. The molecule has 1 aromatic rings. The molecule has 0 fully saturated rings. The minimum atomic E-state index is -0.959. The number of hydrogen-bond acceptors (Lipinski definition) is 5. The highest BCUT2D eigenvalue weighted by Gasteiger charge is 2.10. The fourth-order valence-electron chi connectivity index (χ4n) is 1.39. The van der Waals surface area contributed by atoms with Crippen LogP contribution in [0, 0.1) is 0 Å². The molecule has 0 bridgehead atoms. The SMILES string of the molecule is CCN(CC)CCc1noc(CC(=O)O)n1. The van der Waals surface area contributed by atoms with Crippen molar-refractivity contribution in [1.82, 2.24) is 15.0 Å². The normalized spacial score (nSPS) is 10.9. The lowest BCUT2D eigenvalue weighted by Gasteiger charge is -2.16. The number of aliphatic carboxylic acids is 1. The van der Waals surface area contributed by atoms with Gasteiger partial charge in [-0.1, -0.05) is 19.0 Å². The molecule has 6 nitrogen and oxygen atoms in total. The van der Waals surface area contributed by atoms with Crippen molar-refractivity contribution < 1.29 is 14.4 Å². The molecule has 16 heavy (non-hydrogen) atoms. The molecular formula is C10H17N3O3. The number of carboxylic acid groups (broad SMARTS) is 1. The summed E-state index contributed by atoms with van der Waals surface area (Å²) in [5.74, 6) is -0.218. The van der Waals surface area contributed by atoms with Gasteiger partial charge in [-0.2, -0.15) is 4.98 Å². The van der Waals surface area contributed by atoms with Gasteiger partial charge in [0, 0.05) is 13.0 Å². The summed E-state index contributed by atoms with van der Waals surface area (Å²) in [6.07, 6.45) is 0.475. The fraction of sp³-hybridized carbons (Fsp3) is 0.700. The first-order valence-electron chi connectivity index (χ1n) is 5.41. The number of hydrogen-bond donors (Lipinski definition) is 1. The molecule has 1 heterocycles. The smallest absolute Gasteiger partial charge is 0.312 e. The summed E-state index contributed by atoms with van der Waals surface area (Å²) in [6.45, 7) is 7.01. The van der Waals surface area contributed by atoms with Crippen molar-refractivity contribution in [2.24, 2.45) is 0 Å². The van der Waals surface area contributed by atoms with Gasteiger partial charge in [-0.3, -0.25) is 4.79 Å². The van der Waals surface area contributed by atoms with Crippen LogP contribution in [0.15, 0.2) is 4.52 Å². The van der Waals surface area contributed by atoms with Gasteiger partial charge in [-0.05, 0) is 13.1 Å². The van der Waals surface area contributed by atoms with Crippen LogP contribution < -0.4 is 0 Å². The topological polar surface area (TPSA) is 79.5 Å². The third kappa shape index (κ3) is 3.98. The lowest BCUT2D eigenvalue weighted by atomic mass is 10.3. The maximum atomic E-state index is 10.4. The van der Waals surface area contributed by atoms with Crippen molar-refractivity contribution in [2.75, 3.05) is 19.6 Å². The molecule has 6 heteroatoms. The Labute approximate surface area is 94.3 Å². The lowest BCUT2D eigenvalue weighted by Crippen LogP contribution is -2.25. The first-order valence-corrected chi connectivity index (χ1v) is 5.41. The largest absolute Gasteiger partial charge is 0.481 e. The van der Waals surface area contributed by atoms with E-state index in [2.05, 4.69) is 28.9 Å². The number of aromatic nitrogens is 2. The van der Waals surface area contributed by atoms with Gasteiger partial charge in [0.05, 0.1) is 0 Å². The van der Waals surface area contributed by atoms with E-state index in [0.717, 1.165) is 19.6 Å². The Balaban J connectivity index is 2.42. The Morgan fingerprint density at radius 1 is 1.44 bits per heavy atom. The summed E-state index contributed by atoms with van der Waals surface area (Å²) >= 11 is 0. The number of nitrogens with zero attached hydrogens (tertiary/aromatic N) is 3. The van der Waals surface area contributed by atoms with Crippen LogP contribution in [-0.2, 0) is 17.6 Å². The van der Waals surface area contributed by atoms with E-state index >= 15 is 0 Å². The Morgan fingerprint density at radius 2 is 2.12 bits per heavy atom. The summed E-state index contributed by atoms with van der Waals surface area (Å²) < 4.78 is 4.81. The first-order chi connectivity index (χ1) is 7.65. The van der Waals surface area contributed by atoms with E-state index in [1.165, 1.54) is 0 Å². The van der Waals surface area contributed by atoms with Gasteiger partial charge >= 0.3 is 5.97 Å². The van der Waals surface area contributed by atoms with Gasteiger partial charge < -0.3 is 14.5 Å². The van der Waals surface area contributed by atoms with Crippen LogP contribution >= 0.6 is 0 Å². The molecule has 0 radical (unpaired) electrons. The number of rotatable bonds is 7. The minimum absolute atomic E-state index is 0.169. The van der Waals surface area contributed by atoms with Gasteiger partial charge in [0.15, 0.2) is 5.82 Å². The predicted molar refractivity (Wildman–Crippen MR) is 57.1 cm³/mol. The zero-order valence-electron chi connectivity index (χ0n) is 9.64. The minimum Gasteiger partial charge on any atom is -0.481 e. The molecule has 0 saturated heterocycles. The van der Waals surface area contributed by atoms with Gasteiger partial charge in [-0.15, -0.1) is 0 Å². The Hall–Kier alpha value is -1.43. The quantitative estimate of drug-likeness (QED) is 0.734. The molecule has 0 aromatic carbocycles. The van der Waals surface area contributed by atoms with Gasteiger partial charge in [0.2, 0.25) is 5.89 Å². The fourth-order valence-corrected chi connectivity index (χ4v) is 1.39. The van der Waals surface area contributed by atoms with Crippen LogP contribution in [0.3, 0.4) is 0 Å². The Bertz CT molecular complexity index is 334. The number of likely N-dealkylation sites (N-methyl/N-ethyl adjacent to an activating group) is 1. The van der Waals surface area contributed by atoms with Crippen LogP contribution in [0.2, 0.25) is 0 Å². The summed E-state index contributed by atoms with van der Waals surface area (Å²) in [5.41, 5.74) is 0. The van der Waals surface area contributed by atoms with Crippen molar-refractivity contribution in [3.8, 4) is 0 Å². The van der Waals surface area contributed by atoms with Crippen molar-refractivity contribution in [1.29, 1.82) is 0 Å². The molecule has 0 saturated carbocycles. The van der Waals surface area contributed by atoms with Crippen molar-refractivity contribution >= 4 is 5.97 Å². The van der Waals surface area contributed by atoms with Crippen molar-refractivity contribution in [2.45, 2.75) is 26.7 Å². The van der Waals surface area contributed by atoms with Crippen LogP contribution in [0.4, 0.5) is 0 Å². The van der Waals surface area contributed by atoms with Gasteiger partial charge in [0.25, 0.3) is 0 Å². The second-order valence-electron chi connectivity index (χ2n) is 3.45. The average molecular weight is 227 g/mol. The molecule has 0 aliphatic heterocycles. The molecule has 0 aliphatic carbocycles. The number of carboxylic acids is 1. The summed E-state index contributed by atoms with van der Waals surface area (Å²) in [6, 6.07) is 0. The monoisotopic (exact) mass is 227 g/mol. The van der Waals surface area contributed by atoms with Gasteiger partial charge in [-0.25, -0.2) is 0 Å². The van der Waals surface area contributed by atoms with Crippen LogP contribution in [0.5, 0.6) is 0 Å². The van der Waals surface area contributed by atoms with E-state index in [-0.39, 0.29) is 12.3 Å². The van der Waals surface area contributed by atoms with E-state index < -0.39 is 5.97 Å². The second-order valence-corrected chi connectivity index (χ2v) is 3.45. The molecule has 0 unspecified atom stereocenters. The molecule has 1 rings (SSSR count). The van der Waals surface area contributed by atoms with Crippen molar-refractivity contribution in [3.05, 3.63) is 11.7 Å². The molecular weight excluding hydrogens is 210 g/mol. The molecule has 0 atom stereocenters. The average Bonchev–Trinajstić information content (AvgIpc) is 2.66. The molecule has 1 N–H and O–H groups in total. The first kappa shape index (κ1) is 12.6. The van der Waals surface area contributed by atoms with Crippen molar-refractivity contribution in [3.63, 3.8) is 0 Å². The molecule has 0 spiro atoms. The molecule has 0 amide bonds. The molecule has 1 aromatic heterocycles. The van der Waals surface area contributed by atoms with Crippen LogP contribution in [0.1, 0.15) is 25.6 Å². The second kappa shape index (κ2) is 6.22. The van der Waals surface area contributed by atoms with E-state index in [0.29, 0.717) is 12.2 Å². The van der Waals surface area contributed by atoms with Crippen LogP contribution in [-0.4, -0.2) is 45.8 Å². The van der Waals surface area contributed by atoms with Crippen LogP contribution in [0.25, 0.3) is 0 Å².